The molecule has 1 N–H and O–H groups in total. The molecule has 2 rings (SSSR count). The van der Waals surface area contributed by atoms with E-state index in [-0.39, 0.29) is 11.7 Å². The summed E-state index contributed by atoms with van der Waals surface area (Å²) in [7, 11) is 3.08. The fraction of sp³-hybridized carbons (Fsp3) is 0.562. The molecule has 0 aliphatic heterocycles. The van der Waals surface area contributed by atoms with Crippen LogP contribution in [-0.2, 0) is 0 Å². The quantitative estimate of drug-likeness (QED) is 0.841. The normalized spacial score (nSPS) is 17.6. The van der Waals surface area contributed by atoms with Crippen molar-refractivity contribution in [3.63, 3.8) is 0 Å². The lowest BCUT2D eigenvalue weighted by Gasteiger charge is -2.25. The number of aliphatic hydroxyl groups is 1. The van der Waals surface area contributed by atoms with Gasteiger partial charge in [0, 0.05) is 11.6 Å². The minimum absolute atomic E-state index is 0.0773. The lowest BCUT2D eigenvalue weighted by molar-refractivity contribution is 0.0534. The fourth-order valence-corrected chi connectivity index (χ4v) is 2.78. The van der Waals surface area contributed by atoms with Crippen LogP contribution in [0.15, 0.2) is 18.2 Å². The van der Waals surface area contributed by atoms with E-state index in [1.807, 2.05) is 0 Å². The van der Waals surface area contributed by atoms with Crippen molar-refractivity contribution >= 4 is 5.78 Å². The minimum Gasteiger partial charge on any atom is -0.497 e. The van der Waals surface area contributed by atoms with Gasteiger partial charge in [0.15, 0.2) is 5.78 Å². The zero-order valence-corrected chi connectivity index (χ0v) is 12.1. The van der Waals surface area contributed by atoms with Crippen LogP contribution in [0.25, 0.3) is 0 Å². The van der Waals surface area contributed by atoms with Gasteiger partial charge >= 0.3 is 0 Å². The molecule has 1 saturated carbocycles. The van der Waals surface area contributed by atoms with Gasteiger partial charge in [-0.2, -0.15) is 0 Å². The second-order valence-corrected chi connectivity index (χ2v) is 5.31. The molecule has 1 aliphatic rings. The average Bonchev–Trinajstić information content (AvgIpc) is 2.53. The van der Waals surface area contributed by atoms with E-state index in [2.05, 4.69) is 0 Å². The van der Waals surface area contributed by atoms with Gasteiger partial charge in [0.05, 0.1) is 14.2 Å². The molecule has 20 heavy (non-hydrogen) atoms. The van der Waals surface area contributed by atoms with Crippen LogP contribution in [0.5, 0.6) is 11.5 Å². The first-order valence-electron chi connectivity index (χ1n) is 7.11. The first-order valence-corrected chi connectivity index (χ1v) is 7.11. The van der Waals surface area contributed by atoms with Gasteiger partial charge < -0.3 is 14.6 Å². The SMILES string of the molecule is COc1cc(OC)cc(C(=O)C(O)C2CCCCC2)c1. The van der Waals surface area contributed by atoms with E-state index < -0.39 is 6.10 Å². The number of hydrogen-bond acceptors (Lipinski definition) is 4. The molecule has 0 saturated heterocycles. The molecule has 4 nitrogen and oxygen atoms in total. The van der Waals surface area contributed by atoms with Gasteiger partial charge in [-0.1, -0.05) is 19.3 Å². The molecule has 0 spiro atoms. The molecule has 1 fully saturated rings. The molecule has 1 aromatic rings. The van der Waals surface area contributed by atoms with Crippen LogP contribution in [0, 0.1) is 5.92 Å². The van der Waals surface area contributed by atoms with Gasteiger partial charge in [0.1, 0.15) is 17.6 Å². The van der Waals surface area contributed by atoms with Crippen molar-refractivity contribution in [3.8, 4) is 11.5 Å². The highest BCUT2D eigenvalue weighted by molar-refractivity contribution is 6.00. The zero-order chi connectivity index (χ0) is 14.5. The minimum atomic E-state index is -0.924. The van der Waals surface area contributed by atoms with Gasteiger partial charge in [0.25, 0.3) is 0 Å². The number of hydrogen-bond donors (Lipinski definition) is 1. The maximum atomic E-state index is 12.4. The highest BCUT2D eigenvalue weighted by atomic mass is 16.5. The number of aliphatic hydroxyl groups excluding tert-OH is 1. The number of rotatable bonds is 5. The molecule has 0 radical (unpaired) electrons. The Balaban J connectivity index is 2.18. The number of ketones is 1. The maximum absolute atomic E-state index is 12.4. The van der Waals surface area contributed by atoms with E-state index in [0.717, 1.165) is 25.7 Å². The number of carbonyl (C=O) groups excluding carboxylic acids is 1. The van der Waals surface area contributed by atoms with Crippen molar-refractivity contribution < 1.29 is 19.4 Å². The molecule has 1 aliphatic carbocycles. The summed E-state index contributed by atoms with van der Waals surface area (Å²) < 4.78 is 10.3. The Labute approximate surface area is 119 Å². The Bertz CT molecular complexity index is 441. The summed E-state index contributed by atoms with van der Waals surface area (Å²) in [4.78, 5) is 12.4. The van der Waals surface area contributed by atoms with Gasteiger partial charge in [0.2, 0.25) is 0 Å². The Hall–Kier alpha value is -1.55. The van der Waals surface area contributed by atoms with Crippen molar-refractivity contribution in [1.82, 2.24) is 0 Å². The summed E-state index contributed by atoms with van der Waals surface area (Å²) in [6.45, 7) is 0. The first-order chi connectivity index (χ1) is 9.65. The van der Waals surface area contributed by atoms with Gasteiger partial charge in [-0.05, 0) is 30.9 Å². The van der Waals surface area contributed by atoms with E-state index >= 15 is 0 Å². The number of Topliss-reactive ketones (excluding diaryl/α,β-unsaturated/α-hetero) is 1. The average molecular weight is 278 g/mol. The number of ether oxygens (including phenoxy) is 2. The maximum Gasteiger partial charge on any atom is 0.191 e. The summed E-state index contributed by atoms with van der Waals surface area (Å²) in [5, 5.41) is 10.3. The molecule has 0 amide bonds. The number of benzene rings is 1. The van der Waals surface area contributed by atoms with Crippen LogP contribution in [0.2, 0.25) is 0 Å². The Morgan fingerprint density at radius 1 is 1.10 bits per heavy atom. The monoisotopic (exact) mass is 278 g/mol. The zero-order valence-electron chi connectivity index (χ0n) is 12.1. The van der Waals surface area contributed by atoms with Crippen LogP contribution in [0.1, 0.15) is 42.5 Å². The first kappa shape index (κ1) is 14.9. The second kappa shape index (κ2) is 6.75. The molecular weight excluding hydrogens is 256 g/mol. The largest absolute Gasteiger partial charge is 0.497 e. The molecule has 1 aromatic carbocycles. The Morgan fingerprint density at radius 3 is 2.15 bits per heavy atom. The molecule has 0 bridgehead atoms. The number of methoxy groups -OCH3 is 2. The van der Waals surface area contributed by atoms with Crippen LogP contribution in [0.4, 0.5) is 0 Å². The van der Waals surface area contributed by atoms with E-state index in [0.29, 0.717) is 17.1 Å². The standard InChI is InChI=1S/C16H22O4/c1-19-13-8-12(9-14(10-13)20-2)16(18)15(17)11-6-4-3-5-7-11/h8-11,15,17H,3-7H2,1-2H3. The molecule has 0 heterocycles. The predicted octanol–water partition coefficient (Wildman–Crippen LogP) is 2.83. The van der Waals surface area contributed by atoms with Crippen LogP contribution >= 0.6 is 0 Å². The summed E-state index contributed by atoms with van der Waals surface area (Å²) in [6.07, 6.45) is 4.31. The molecule has 4 heteroatoms. The van der Waals surface area contributed by atoms with Crippen molar-refractivity contribution in [2.45, 2.75) is 38.2 Å². The molecule has 1 atom stereocenters. The predicted molar refractivity (Wildman–Crippen MR) is 76.5 cm³/mol. The molecule has 1 unspecified atom stereocenters. The Morgan fingerprint density at radius 2 is 1.65 bits per heavy atom. The van der Waals surface area contributed by atoms with Crippen molar-refractivity contribution in [2.24, 2.45) is 5.92 Å². The lowest BCUT2D eigenvalue weighted by atomic mass is 9.82. The third kappa shape index (κ3) is 3.31. The summed E-state index contributed by atoms with van der Waals surface area (Å²) >= 11 is 0. The van der Waals surface area contributed by atoms with Crippen LogP contribution < -0.4 is 9.47 Å². The van der Waals surface area contributed by atoms with E-state index in [4.69, 9.17) is 9.47 Å². The summed E-state index contributed by atoms with van der Waals surface area (Å²) in [5.41, 5.74) is 0.444. The van der Waals surface area contributed by atoms with Crippen molar-refractivity contribution in [1.29, 1.82) is 0 Å². The van der Waals surface area contributed by atoms with Gasteiger partial charge in [-0.25, -0.2) is 0 Å². The van der Waals surface area contributed by atoms with Crippen LogP contribution in [0.3, 0.4) is 0 Å². The molecular formula is C16H22O4. The highest BCUT2D eigenvalue weighted by Crippen LogP contribution is 2.30. The smallest absolute Gasteiger partial charge is 0.191 e. The topological polar surface area (TPSA) is 55.8 Å². The third-order valence-corrected chi connectivity index (χ3v) is 4.00. The van der Waals surface area contributed by atoms with Crippen molar-refractivity contribution in [2.75, 3.05) is 14.2 Å². The molecule has 110 valence electrons. The number of carbonyl (C=O) groups is 1. The van der Waals surface area contributed by atoms with E-state index in [1.165, 1.54) is 6.42 Å². The fourth-order valence-electron chi connectivity index (χ4n) is 2.78. The Kier molecular flexibility index (Phi) is 5.01. The second-order valence-electron chi connectivity index (χ2n) is 5.31. The third-order valence-electron chi connectivity index (χ3n) is 4.00. The van der Waals surface area contributed by atoms with Gasteiger partial charge in [-0.15, -0.1) is 0 Å². The molecule has 0 aromatic heterocycles. The summed E-state index contributed by atoms with van der Waals surface area (Å²) in [6, 6.07) is 5.01. The van der Waals surface area contributed by atoms with E-state index in [1.54, 1.807) is 32.4 Å². The van der Waals surface area contributed by atoms with E-state index in [9.17, 15) is 9.90 Å². The lowest BCUT2D eigenvalue weighted by Crippen LogP contribution is -2.31. The van der Waals surface area contributed by atoms with Gasteiger partial charge in [-0.3, -0.25) is 4.79 Å². The van der Waals surface area contributed by atoms with Crippen molar-refractivity contribution in [3.05, 3.63) is 23.8 Å². The highest BCUT2D eigenvalue weighted by Gasteiger charge is 2.28. The summed E-state index contributed by atoms with van der Waals surface area (Å²) in [5.74, 6) is 0.953. The van der Waals surface area contributed by atoms with Crippen LogP contribution in [-0.4, -0.2) is 31.2 Å².